The first-order valence-electron chi connectivity index (χ1n) is 15.0. The Morgan fingerprint density at radius 2 is 1.62 bits per heavy atom. The number of hydrogen-bond donors (Lipinski definition) is 3. The number of nitrogens with one attached hydrogen (secondary N) is 2. The molecule has 0 saturated heterocycles. The number of thiazole rings is 1. The highest BCUT2D eigenvalue weighted by Crippen LogP contribution is 2.43. The Bertz CT molecular complexity index is 1850. The van der Waals surface area contributed by atoms with Crippen LogP contribution in [0.15, 0.2) is 66.7 Å². The summed E-state index contributed by atoms with van der Waals surface area (Å²) in [5.74, 6) is -3.07. The number of hydrogen-bond acceptors (Lipinski definition) is 5. The van der Waals surface area contributed by atoms with Crippen molar-refractivity contribution in [2.45, 2.75) is 56.8 Å². The monoisotopic (exact) mass is 689 g/mol. The van der Waals surface area contributed by atoms with Crippen molar-refractivity contribution in [1.82, 2.24) is 10.3 Å². The molecular formula is C34H29F6N3O4S. The molecule has 4 aromatic rings. The van der Waals surface area contributed by atoms with Crippen LogP contribution in [0, 0.1) is 0 Å². The summed E-state index contributed by atoms with van der Waals surface area (Å²) in [6.07, 6.45) is -4.03. The molecule has 2 amide bonds. The minimum Gasteiger partial charge on any atom is -0.481 e. The number of carboxylic acids is 1. The molecule has 48 heavy (non-hydrogen) atoms. The third kappa shape index (κ3) is 8.40. The Hall–Kier alpha value is -4.72. The average molecular weight is 690 g/mol. The first kappa shape index (κ1) is 34.6. The molecule has 0 saturated carbocycles. The molecule has 3 aromatic carbocycles. The molecule has 1 unspecified atom stereocenters. The maximum absolute atomic E-state index is 13.8. The number of allylic oxidation sites excluding steroid dienone is 2. The smallest absolute Gasteiger partial charge is 0.417 e. The molecule has 0 spiro atoms. The Balaban J connectivity index is 1.43. The van der Waals surface area contributed by atoms with Crippen LogP contribution in [0.25, 0.3) is 15.8 Å². The van der Waals surface area contributed by atoms with Crippen molar-refractivity contribution in [3.05, 3.63) is 100 Å². The number of nitrogens with zero attached hydrogens (tertiary/aromatic N) is 1. The predicted molar refractivity (Wildman–Crippen MR) is 169 cm³/mol. The van der Waals surface area contributed by atoms with Crippen LogP contribution in [0.3, 0.4) is 0 Å². The zero-order valence-electron chi connectivity index (χ0n) is 25.2. The molecule has 14 heteroatoms. The van der Waals surface area contributed by atoms with Crippen molar-refractivity contribution in [3.8, 4) is 0 Å². The molecule has 7 nitrogen and oxygen atoms in total. The van der Waals surface area contributed by atoms with Gasteiger partial charge >= 0.3 is 18.3 Å². The van der Waals surface area contributed by atoms with Crippen molar-refractivity contribution in [2.24, 2.45) is 0 Å². The van der Waals surface area contributed by atoms with Gasteiger partial charge in [-0.15, -0.1) is 0 Å². The Kier molecular flexibility index (Phi) is 10.2. The van der Waals surface area contributed by atoms with Gasteiger partial charge in [0.15, 0.2) is 5.13 Å². The van der Waals surface area contributed by atoms with Crippen LogP contribution in [0.5, 0.6) is 0 Å². The summed E-state index contributed by atoms with van der Waals surface area (Å²) in [6.45, 7) is -0.0567. The van der Waals surface area contributed by atoms with Gasteiger partial charge < -0.3 is 15.7 Å². The minimum atomic E-state index is -5.09. The molecule has 1 aliphatic rings. The highest BCUT2D eigenvalue weighted by molar-refractivity contribution is 7.22. The lowest BCUT2D eigenvalue weighted by molar-refractivity contribution is -0.142. The van der Waals surface area contributed by atoms with E-state index in [0.717, 1.165) is 31.2 Å². The van der Waals surface area contributed by atoms with E-state index < -0.39 is 57.4 Å². The third-order valence-corrected chi connectivity index (χ3v) is 8.94. The fourth-order valence-electron chi connectivity index (χ4n) is 5.46. The average Bonchev–Trinajstić information content (AvgIpc) is 3.45. The molecule has 0 fully saturated rings. The summed E-state index contributed by atoms with van der Waals surface area (Å²) in [6, 6.07) is 14.2. The Morgan fingerprint density at radius 3 is 2.23 bits per heavy atom. The highest BCUT2D eigenvalue weighted by Gasteiger charge is 2.39. The molecule has 0 radical (unpaired) electrons. The van der Waals surface area contributed by atoms with Gasteiger partial charge in [0.1, 0.15) is 0 Å². The summed E-state index contributed by atoms with van der Waals surface area (Å²) < 4.78 is 80.9. The molecule has 1 aromatic heterocycles. The predicted octanol–water partition coefficient (Wildman–Crippen LogP) is 8.46. The topological polar surface area (TPSA) is 108 Å². The van der Waals surface area contributed by atoms with Crippen LogP contribution in [-0.2, 0) is 28.4 Å². The number of carbonyl (C=O) groups excluding carboxylic acids is 2. The Morgan fingerprint density at radius 1 is 0.917 bits per heavy atom. The van der Waals surface area contributed by atoms with Crippen LogP contribution in [0.1, 0.15) is 76.2 Å². The van der Waals surface area contributed by atoms with E-state index in [0.29, 0.717) is 28.5 Å². The van der Waals surface area contributed by atoms with Gasteiger partial charge in [-0.2, -0.15) is 26.3 Å². The van der Waals surface area contributed by atoms with E-state index in [1.54, 1.807) is 24.3 Å². The molecule has 1 aliphatic carbocycles. The molecule has 3 N–H and O–H groups in total. The zero-order valence-corrected chi connectivity index (χ0v) is 26.0. The fraction of sp³-hybridized carbons (Fsp3) is 0.294. The van der Waals surface area contributed by atoms with Crippen LogP contribution >= 0.6 is 11.3 Å². The van der Waals surface area contributed by atoms with Gasteiger partial charge in [0.2, 0.25) is 5.91 Å². The number of halogens is 6. The van der Waals surface area contributed by atoms with E-state index in [1.165, 1.54) is 17.7 Å². The molecule has 5 rings (SSSR count). The lowest BCUT2D eigenvalue weighted by Crippen LogP contribution is -2.26. The van der Waals surface area contributed by atoms with Gasteiger partial charge in [-0.1, -0.05) is 53.8 Å². The van der Waals surface area contributed by atoms with Crippen LogP contribution in [0.4, 0.5) is 31.5 Å². The number of carbonyl (C=O) groups is 3. The number of benzene rings is 3. The minimum absolute atomic E-state index is 0.0360. The van der Waals surface area contributed by atoms with Gasteiger partial charge in [0, 0.05) is 12.1 Å². The van der Waals surface area contributed by atoms with Crippen LogP contribution in [0.2, 0.25) is 0 Å². The number of fused-ring (bicyclic) bond motifs is 1. The molecular weight excluding hydrogens is 660 g/mol. The largest absolute Gasteiger partial charge is 0.481 e. The SMILES string of the molecule is O=C(O)CCNC(=O)c1ccc(CC(C(=O)Nc2nc3cc(C(F)(F)F)cc(C(F)(F)F)c3s2)c2ccc(C3=CCCCC3)cc2)cc1. The second-order valence-electron chi connectivity index (χ2n) is 11.3. The Labute approximate surface area is 274 Å². The summed E-state index contributed by atoms with van der Waals surface area (Å²) >= 11 is 0.433. The summed E-state index contributed by atoms with van der Waals surface area (Å²) in [5.41, 5.74) is 0.132. The molecule has 0 bridgehead atoms. The lowest BCUT2D eigenvalue weighted by atomic mass is 9.88. The van der Waals surface area contributed by atoms with Gasteiger partial charge in [0.05, 0.1) is 33.7 Å². The lowest BCUT2D eigenvalue weighted by Gasteiger charge is -2.18. The first-order chi connectivity index (χ1) is 22.7. The number of rotatable bonds is 10. The van der Waals surface area contributed by atoms with Gasteiger partial charge in [-0.25, -0.2) is 4.98 Å². The maximum atomic E-state index is 13.8. The van der Waals surface area contributed by atoms with E-state index >= 15 is 0 Å². The maximum Gasteiger partial charge on any atom is 0.417 e. The second kappa shape index (κ2) is 14.2. The van der Waals surface area contributed by atoms with Gasteiger partial charge in [0.25, 0.3) is 5.91 Å². The normalized spacial score (nSPS) is 14.3. The van der Waals surface area contributed by atoms with E-state index in [9.17, 15) is 40.7 Å². The van der Waals surface area contributed by atoms with Crippen LogP contribution < -0.4 is 10.6 Å². The van der Waals surface area contributed by atoms with E-state index in [2.05, 4.69) is 21.7 Å². The number of aromatic nitrogens is 1. The number of aliphatic carboxylic acids is 1. The standard InChI is InChI=1S/C34H29F6N3O4S/c35-33(36,37)24-17-26(34(38,39)40)29-27(18-24)42-32(48-29)43-31(47)25(22-12-10-21(11-13-22)20-4-2-1-3-5-20)16-19-6-8-23(9-7-19)30(46)41-15-14-28(44)45/h4,6-13,17-18,25H,1-3,5,14-16H2,(H,41,46)(H,44,45)(H,42,43,47). The van der Waals surface area contributed by atoms with Crippen molar-refractivity contribution >= 4 is 50.0 Å². The number of alkyl halides is 6. The number of carboxylic acid groups (broad SMARTS) is 1. The van der Waals surface area contributed by atoms with E-state index in [4.69, 9.17) is 5.11 Å². The fourth-order valence-corrected chi connectivity index (χ4v) is 6.44. The molecule has 252 valence electrons. The van der Waals surface area contributed by atoms with E-state index in [1.807, 2.05) is 12.1 Å². The molecule has 0 aliphatic heterocycles. The number of anilines is 1. The summed E-state index contributed by atoms with van der Waals surface area (Å²) in [4.78, 5) is 40.8. The first-order valence-corrected chi connectivity index (χ1v) is 15.8. The van der Waals surface area contributed by atoms with Gasteiger partial charge in [-0.05, 0) is 78.6 Å². The third-order valence-electron chi connectivity index (χ3n) is 7.92. The summed E-state index contributed by atoms with van der Waals surface area (Å²) in [7, 11) is 0. The second-order valence-corrected chi connectivity index (χ2v) is 12.3. The summed E-state index contributed by atoms with van der Waals surface area (Å²) in [5, 5.41) is 13.5. The molecule has 1 atom stereocenters. The van der Waals surface area contributed by atoms with Crippen molar-refractivity contribution in [3.63, 3.8) is 0 Å². The number of amides is 2. The highest BCUT2D eigenvalue weighted by atomic mass is 32.1. The van der Waals surface area contributed by atoms with Gasteiger partial charge in [-0.3, -0.25) is 14.4 Å². The van der Waals surface area contributed by atoms with Crippen molar-refractivity contribution < 1.29 is 45.8 Å². The quantitative estimate of drug-likeness (QED) is 0.145. The molecule has 1 heterocycles. The van der Waals surface area contributed by atoms with E-state index in [-0.39, 0.29) is 36.1 Å². The van der Waals surface area contributed by atoms with Crippen molar-refractivity contribution in [1.29, 1.82) is 0 Å². The van der Waals surface area contributed by atoms with Crippen LogP contribution in [-0.4, -0.2) is 34.4 Å². The van der Waals surface area contributed by atoms with Crippen molar-refractivity contribution in [2.75, 3.05) is 11.9 Å². The zero-order chi connectivity index (χ0) is 34.6.